The van der Waals surface area contributed by atoms with Crippen LogP contribution in [0.5, 0.6) is 0 Å². The monoisotopic (exact) mass is 254 g/mol. The highest BCUT2D eigenvalue weighted by molar-refractivity contribution is 6.31. The van der Waals surface area contributed by atoms with E-state index in [0.717, 1.165) is 18.0 Å². The Morgan fingerprint density at radius 2 is 2.06 bits per heavy atom. The van der Waals surface area contributed by atoms with Crippen LogP contribution in [-0.2, 0) is 17.8 Å². The average molecular weight is 255 g/mol. The molecule has 2 N–H and O–H groups in total. The minimum Gasteiger partial charge on any atom is -0.304 e. The molecule has 3 nitrogen and oxygen atoms in total. The summed E-state index contributed by atoms with van der Waals surface area (Å²) < 4.78 is 0. The first-order valence-corrected chi connectivity index (χ1v) is 6.49. The second kappa shape index (κ2) is 6.36. The average Bonchev–Trinajstić information content (AvgIpc) is 2.82. The van der Waals surface area contributed by atoms with E-state index in [1.807, 2.05) is 6.07 Å². The van der Waals surface area contributed by atoms with Gasteiger partial charge in [-0.15, -0.1) is 0 Å². The van der Waals surface area contributed by atoms with Crippen LogP contribution in [0.25, 0.3) is 0 Å². The third-order valence-corrected chi connectivity index (χ3v) is 3.57. The van der Waals surface area contributed by atoms with Gasteiger partial charge in [-0.05, 0) is 49.5 Å². The Morgan fingerprint density at radius 1 is 1.29 bits per heavy atom. The number of rotatable bonds is 5. The van der Waals surface area contributed by atoms with Gasteiger partial charge in [0.05, 0.1) is 6.61 Å². The summed E-state index contributed by atoms with van der Waals surface area (Å²) in [6.45, 7) is 3.88. The molecule has 0 atom stereocenters. The molecule has 2 rings (SSSR count). The second-order valence-corrected chi connectivity index (χ2v) is 4.94. The molecule has 4 heteroatoms. The van der Waals surface area contributed by atoms with Crippen molar-refractivity contribution in [2.45, 2.75) is 25.8 Å². The maximum atomic E-state index is 6.29. The van der Waals surface area contributed by atoms with Gasteiger partial charge >= 0.3 is 0 Å². The molecule has 0 unspecified atom stereocenters. The van der Waals surface area contributed by atoms with Crippen LogP contribution in [-0.4, -0.2) is 24.6 Å². The van der Waals surface area contributed by atoms with Gasteiger partial charge in [0.15, 0.2) is 0 Å². The smallest absolute Gasteiger partial charge is 0.0719 e. The maximum Gasteiger partial charge on any atom is 0.0719 e. The van der Waals surface area contributed by atoms with Gasteiger partial charge in [0.1, 0.15) is 0 Å². The number of hydrogen-bond acceptors (Lipinski definition) is 3. The van der Waals surface area contributed by atoms with Gasteiger partial charge < -0.3 is 4.84 Å². The fourth-order valence-corrected chi connectivity index (χ4v) is 2.50. The quantitative estimate of drug-likeness (QED) is 0.820. The maximum absolute atomic E-state index is 6.29. The molecular weight excluding hydrogens is 236 g/mol. The summed E-state index contributed by atoms with van der Waals surface area (Å²) in [6.07, 6.45) is 3.42. The zero-order valence-corrected chi connectivity index (χ0v) is 10.7. The van der Waals surface area contributed by atoms with Gasteiger partial charge in [0, 0.05) is 11.6 Å². The van der Waals surface area contributed by atoms with E-state index in [1.54, 1.807) is 0 Å². The minimum absolute atomic E-state index is 0.530. The predicted molar refractivity (Wildman–Crippen MR) is 69.8 cm³/mol. The molecular formula is C13H19ClN2O. The molecule has 1 aromatic carbocycles. The van der Waals surface area contributed by atoms with Gasteiger partial charge in [-0.2, -0.15) is 0 Å². The van der Waals surface area contributed by atoms with Crippen molar-refractivity contribution in [3.63, 3.8) is 0 Å². The van der Waals surface area contributed by atoms with Crippen molar-refractivity contribution >= 4 is 11.6 Å². The zero-order valence-electron chi connectivity index (χ0n) is 9.99. The van der Waals surface area contributed by atoms with Crippen LogP contribution in [0.15, 0.2) is 18.2 Å². The summed E-state index contributed by atoms with van der Waals surface area (Å²) in [7, 11) is 0. The first kappa shape index (κ1) is 12.8. The van der Waals surface area contributed by atoms with Crippen LogP contribution in [0.3, 0.4) is 0 Å². The Bertz CT molecular complexity index is 364. The Morgan fingerprint density at radius 3 is 2.71 bits per heavy atom. The lowest BCUT2D eigenvalue weighted by Gasteiger charge is -2.16. The van der Waals surface area contributed by atoms with Crippen molar-refractivity contribution in [3.05, 3.63) is 34.3 Å². The Kier molecular flexibility index (Phi) is 4.80. The summed E-state index contributed by atoms with van der Waals surface area (Å²) in [4.78, 5) is 7.02. The van der Waals surface area contributed by atoms with E-state index >= 15 is 0 Å². The van der Waals surface area contributed by atoms with E-state index in [2.05, 4.69) is 21.9 Å². The number of nitrogens with two attached hydrogens (primary N) is 1. The molecule has 17 heavy (non-hydrogen) atoms. The lowest BCUT2D eigenvalue weighted by molar-refractivity contribution is 0.141. The number of likely N-dealkylation sites (tertiary alicyclic amines) is 1. The highest BCUT2D eigenvalue weighted by atomic mass is 35.5. The van der Waals surface area contributed by atoms with Crippen molar-refractivity contribution in [1.82, 2.24) is 4.90 Å². The van der Waals surface area contributed by atoms with Crippen molar-refractivity contribution < 1.29 is 4.84 Å². The number of halogens is 1. The zero-order chi connectivity index (χ0) is 12.1. The first-order chi connectivity index (χ1) is 8.29. The summed E-state index contributed by atoms with van der Waals surface area (Å²) >= 11 is 6.29. The minimum atomic E-state index is 0.530. The summed E-state index contributed by atoms with van der Waals surface area (Å²) in [5, 5.41) is 0.853. The fraction of sp³-hybridized carbons (Fsp3) is 0.538. The third kappa shape index (κ3) is 3.68. The molecule has 1 aliphatic rings. The van der Waals surface area contributed by atoms with Gasteiger partial charge in [0.25, 0.3) is 0 Å². The third-order valence-electron chi connectivity index (χ3n) is 3.22. The molecule has 1 aliphatic heterocycles. The molecule has 94 valence electrons. The number of nitrogens with zero attached hydrogens (tertiary/aromatic N) is 1. The summed E-state index contributed by atoms with van der Waals surface area (Å²) in [6, 6.07) is 6.24. The second-order valence-electron chi connectivity index (χ2n) is 4.53. The Balaban J connectivity index is 1.98. The molecule has 0 bridgehead atoms. The van der Waals surface area contributed by atoms with Crippen molar-refractivity contribution in [1.29, 1.82) is 0 Å². The largest absolute Gasteiger partial charge is 0.304 e. The van der Waals surface area contributed by atoms with Gasteiger partial charge in [-0.25, -0.2) is 5.90 Å². The van der Waals surface area contributed by atoms with E-state index in [1.165, 1.54) is 37.1 Å². The lowest BCUT2D eigenvalue weighted by atomic mass is 10.1. The van der Waals surface area contributed by atoms with Crippen molar-refractivity contribution in [2.24, 2.45) is 5.90 Å². The summed E-state index contributed by atoms with van der Waals surface area (Å²) in [5.41, 5.74) is 2.39. The van der Waals surface area contributed by atoms with E-state index in [0.29, 0.717) is 6.61 Å². The molecule has 0 saturated carbocycles. The van der Waals surface area contributed by atoms with Crippen LogP contribution >= 0.6 is 11.6 Å². The molecule has 1 aromatic rings. The van der Waals surface area contributed by atoms with Crippen molar-refractivity contribution in [2.75, 3.05) is 19.7 Å². The molecule has 0 spiro atoms. The highest BCUT2D eigenvalue weighted by Crippen LogP contribution is 2.21. The van der Waals surface area contributed by atoms with Crippen LogP contribution in [0.4, 0.5) is 0 Å². The van der Waals surface area contributed by atoms with Gasteiger partial charge in [-0.1, -0.05) is 23.7 Å². The number of hydrogen-bond donors (Lipinski definition) is 1. The lowest BCUT2D eigenvalue weighted by Crippen LogP contribution is -2.18. The van der Waals surface area contributed by atoms with E-state index in [-0.39, 0.29) is 0 Å². The Hall–Kier alpha value is -0.610. The van der Waals surface area contributed by atoms with Crippen molar-refractivity contribution in [3.8, 4) is 0 Å². The predicted octanol–water partition coefficient (Wildman–Crippen LogP) is 2.37. The Labute approximate surface area is 107 Å². The summed E-state index contributed by atoms with van der Waals surface area (Å²) in [5.74, 6) is 5.01. The van der Waals surface area contributed by atoms with Crippen LogP contribution in [0, 0.1) is 0 Å². The van der Waals surface area contributed by atoms with Gasteiger partial charge in [0.2, 0.25) is 0 Å². The molecule has 1 heterocycles. The first-order valence-electron chi connectivity index (χ1n) is 6.11. The number of benzene rings is 1. The molecule has 0 aromatic heterocycles. The highest BCUT2D eigenvalue weighted by Gasteiger charge is 2.13. The van der Waals surface area contributed by atoms with E-state index < -0.39 is 0 Å². The SMILES string of the molecule is NOCCc1ccc(CN2CCCC2)c(Cl)c1. The molecule has 0 aliphatic carbocycles. The van der Waals surface area contributed by atoms with E-state index in [9.17, 15) is 0 Å². The van der Waals surface area contributed by atoms with Gasteiger partial charge in [-0.3, -0.25) is 4.90 Å². The van der Waals surface area contributed by atoms with Crippen LogP contribution in [0.2, 0.25) is 5.02 Å². The topological polar surface area (TPSA) is 38.5 Å². The molecule has 0 radical (unpaired) electrons. The van der Waals surface area contributed by atoms with Crippen LogP contribution < -0.4 is 5.90 Å². The molecule has 0 amide bonds. The van der Waals surface area contributed by atoms with E-state index in [4.69, 9.17) is 17.5 Å². The van der Waals surface area contributed by atoms with Crippen LogP contribution in [0.1, 0.15) is 24.0 Å². The fourth-order valence-electron chi connectivity index (χ4n) is 2.23. The standard InChI is InChI=1S/C13H19ClN2O/c14-13-9-11(5-8-17-15)3-4-12(13)10-16-6-1-2-7-16/h3-4,9H,1-2,5-8,10,15H2. The normalized spacial score (nSPS) is 16.6. The molecule has 1 saturated heterocycles. The molecule has 1 fully saturated rings.